The summed E-state index contributed by atoms with van der Waals surface area (Å²) in [6.07, 6.45) is 2.93. The average molecular weight is 497 g/mol. The molecule has 5 unspecified atom stereocenters. The molecule has 0 fully saturated rings. The Hall–Kier alpha value is -2.63. The van der Waals surface area contributed by atoms with Gasteiger partial charge in [0, 0.05) is 0 Å². The van der Waals surface area contributed by atoms with Crippen molar-refractivity contribution in [3.63, 3.8) is 0 Å². The van der Waals surface area contributed by atoms with Crippen LogP contribution in [-0.2, 0) is 25.6 Å². The molecule has 190 valence electrons. The Labute approximate surface area is 204 Å². The first-order chi connectivity index (χ1) is 16.1. The summed E-state index contributed by atoms with van der Waals surface area (Å²) in [6.45, 7) is 2.74. The smallest absolute Gasteiger partial charge is 0.326 e. The molecule has 0 aliphatic heterocycles. The summed E-state index contributed by atoms with van der Waals surface area (Å²) in [4.78, 5) is 49.5. The molecule has 0 saturated heterocycles. The molecule has 0 aromatic heterocycles. The highest BCUT2D eigenvalue weighted by atomic mass is 32.2. The molecule has 1 rings (SSSR count). The number of hydrogen-bond donors (Lipinski definition) is 6. The van der Waals surface area contributed by atoms with Crippen LogP contribution in [0.3, 0.4) is 0 Å². The van der Waals surface area contributed by atoms with E-state index in [1.54, 1.807) is 13.8 Å². The Morgan fingerprint density at radius 1 is 1.00 bits per heavy atom. The monoisotopic (exact) mass is 496 g/mol. The molecule has 3 amide bonds. The van der Waals surface area contributed by atoms with E-state index in [-0.39, 0.29) is 18.8 Å². The van der Waals surface area contributed by atoms with E-state index >= 15 is 0 Å². The number of carbonyl (C=O) groups is 4. The van der Waals surface area contributed by atoms with Crippen molar-refractivity contribution in [2.45, 2.75) is 57.3 Å². The van der Waals surface area contributed by atoms with Crippen LogP contribution in [-0.4, -0.2) is 76.7 Å². The molecule has 34 heavy (non-hydrogen) atoms. The number of thioether (sulfide) groups is 1. The number of nitrogens with one attached hydrogen (secondary N) is 3. The molecule has 0 aliphatic rings. The molecule has 0 saturated carbocycles. The number of aliphatic hydroxyl groups is 1. The first-order valence-corrected chi connectivity index (χ1v) is 12.6. The van der Waals surface area contributed by atoms with Gasteiger partial charge in [0.05, 0.1) is 12.6 Å². The maximum Gasteiger partial charge on any atom is 0.326 e. The molecular formula is C23H36N4O6S. The number of benzene rings is 1. The van der Waals surface area contributed by atoms with Gasteiger partial charge in [0.15, 0.2) is 0 Å². The maximum atomic E-state index is 12.9. The van der Waals surface area contributed by atoms with Crippen LogP contribution < -0.4 is 21.7 Å². The van der Waals surface area contributed by atoms with Crippen LogP contribution in [0.15, 0.2) is 30.3 Å². The van der Waals surface area contributed by atoms with Crippen LogP contribution in [0.5, 0.6) is 0 Å². The molecule has 0 bridgehead atoms. The van der Waals surface area contributed by atoms with Crippen LogP contribution in [0.25, 0.3) is 0 Å². The number of nitrogens with two attached hydrogens (primary N) is 1. The van der Waals surface area contributed by atoms with Crippen molar-refractivity contribution in [1.29, 1.82) is 0 Å². The summed E-state index contributed by atoms with van der Waals surface area (Å²) in [5.74, 6) is -3.01. The highest BCUT2D eigenvalue weighted by molar-refractivity contribution is 7.98. The minimum Gasteiger partial charge on any atom is -0.480 e. The van der Waals surface area contributed by atoms with Gasteiger partial charge in [0.25, 0.3) is 0 Å². The minimum absolute atomic E-state index is 0.279. The Bertz CT molecular complexity index is 810. The molecule has 0 radical (unpaired) electrons. The molecule has 5 atom stereocenters. The van der Waals surface area contributed by atoms with Crippen molar-refractivity contribution >= 4 is 35.5 Å². The van der Waals surface area contributed by atoms with Gasteiger partial charge in [-0.1, -0.05) is 50.6 Å². The first kappa shape index (κ1) is 29.4. The molecule has 0 aliphatic carbocycles. The van der Waals surface area contributed by atoms with Crippen LogP contribution >= 0.6 is 11.8 Å². The fraction of sp³-hybridized carbons (Fsp3) is 0.565. The summed E-state index contributed by atoms with van der Waals surface area (Å²) in [6, 6.07) is 4.84. The summed E-state index contributed by atoms with van der Waals surface area (Å²) >= 11 is 1.48. The van der Waals surface area contributed by atoms with E-state index in [2.05, 4.69) is 16.0 Å². The summed E-state index contributed by atoms with van der Waals surface area (Å²) in [7, 11) is 0. The Kier molecular flexibility index (Phi) is 13.2. The van der Waals surface area contributed by atoms with E-state index in [9.17, 15) is 29.4 Å². The number of carboxylic acids is 1. The third kappa shape index (κ3) is 9.70. The quantitative estimate of drug-likeness (QED) is 0.195. The number of aliphatic carboxylic acids is 1. The predicted octanol–water partition coefficient (Wildman–Crippen LogP) is -0.113. The second-order valence-electron chi connectivity index (χ2n) is 8.09. The molecule has 1 aromatic carbocycles. The lowest BCUT2D eigenvalue weighted by Gasteiger charge is -2.25. The van der Waals surface area contributed by atoms with Gasteiger partial charge in [-0.05, 0) is 36.3 Å². The van der Waals surface area contributed by atoms with Crippen molar-refractivity contribution in [3.05, 3.63) is 35.9 Å². The lowest BCUT2D eigenvalue weighted by atomic mass is 9.99. The molecule has 7 N–H and O–H groups in total. The number of hydrogen-bond acceptors (Lipinski definition) is 7. The molecule has 0 heterocycles. The van der Waals surface area contributed by atoms with E-state index < -0.39 is 54.5 Å². The van der Waals surface area contributed by atoms with Gasteiger partial charge >= 0.3 is 5.97 Å². The normalized spacial score (nSPS) is 15.3. The van der Waals surface area contributed by atoms with Crippen molar-refractivity contribution in [3.8, 4) is 0 Å². The zero-order chi connectivity index (χ0) is 25.7. The highest BCUT2D eigenvalue weighted by Crippen LogP contribution is 2.09. The summed E-state index contributed by atoms with van der Waals surface area (Å²) < 4.78 is 0. The molecule has 0 spiro atoms. The van der Waals surface area contributed by atoms with Crippen LogP contribution in [0.2, 0.25) is 0 Å². The Balaban J connectivity index is 2.83. The second kappa shape index (κ2) is 15.3. The standard InChI is InChI=1S/C23H36N4O6S/c1-4-14(2)19(23(32)33)27-22(31)18(13-28)26-21(30)17(10-11-34-3)25-20(29)16(24)12-15-8-6-5-7-9-15/h5-9,14,16-19,28H,4,10-13,24H2,1-3H3,(H,25,29)(H,26,30)(H,27,31)(H,32,33). The van der Waals surface area contributed by atoms with Crippen molar-refractivity contribution in [2.75, 3.05) is 18.6 Å². The van der Waals surface area contributed by atoms with Gasteiger partial charge in [-0.2, -0.15) is 11.8 Å². The lowest BCUT2D eigenvalue weighted by Crippen LogP contribution is -2.58. The molecule has 11 heteroatoms. The fourth-order valence-electron chi connectivity index (χ4n) is 3.15. The second-order valence-corrected chi connectivity index (χ2v) is 9.08. The van der Waals surface area contributed by atoms with Gasteiger partial charge in [0.1, 0.15) is 18.1 Å². The van der Waals surface area contributed by atoms with E-state index in [1.165, 1.54) is 11.8 Å². The van der Waals surface area contributed by atoms with Crippen LogP contribution in [0.4, 0.5) is 0 Å². The minimum atomic E-state index is -1.37. The topological polar surface area (TPSA) is 171 Å². The first-order valence-electron chi connectivity index (χ1n) is 11.2. The lowest BCUT2D eigenvalue weighted by molar-refractivity contribution is -0.144. The third-order valence-electron chi connectivity index (χ3n) is 5.47. The SMILES string of the molecule is CCC(C)C(NC(=O)C(CO)NC(=O)C(CCSC)NC(=O)C(N)Cc1ccccc1)C(=O)O. The molecular weight excluding hydrogens is 460 g/mol. The summed E-state index contributed by atoms with van der Waals surface area (Å²) in [5.41, 5.74) is 6.89. The van der Waals surface area contributed by atoms with Crippen LogP contribution in [0, 0.1) is 5.92 Å². The van der Waals surface area contributed by atoms with Gasteiger partial charge in [-0.15, -0.1) is 0 Å². The van der Waals surface area contributed by atoms with E-state index in [4.69, 9.17) is 5.73 Å². The zero-order valence-corrected chi connectivity index (χ0v) is 20.6. The molecule has 1 aromatic rings. The largest absolute Gasteiger partial charge is 0.480 e. The Morgan fingerprint density at radius 2 is 1.59 bits per heavy atom. The van der Waals surface area contributed by atoms with Gasteiger partial charge in [0.2, 0.25) is 17.7 Å². The number of carbonyl (C=O) groups excluding carboxylic acids is 3. The highest BCUT2D eigenvalue weighted by Gasteiger charge is 2.31. The van der Waals surface area contributed by atoms with Gasteiger partial charge in [-0.25, -0.2) is 4.79 Å². The average Bonchev–Trinajstić information content (AvgIpc) is 2.82. The van der Waals surface area contributed by atoms with Gasteiger partial charge in [-0.3, -0.25) is 14.4 Å². The van der Waals surface area contributed by atoms with Crippen molar-refractivity contribution in [2.24, 2.45) is 11.7 Å². The number of rotatable bonds is 15. The summed E-state index contributed by atoms with van der Waals surface area (Å²) in [5, 5.41) is 26.4. The van der Waals surface area contributed by atoms with E-state index in [1.807, 2.05) is 36.6 Å². The predicted molar refractivity (Wildman–Crippen MR) is 131 cm³/mol. The van der Waals surface area contributed by atoms with Gasteiger partial charge < -0.3 is 31.9 Å². The fourth-order valence-corrected chi connectivity index (χ4v) is 3.62. The number of aliphatic hydroxyl groups excluding tert-OH is 1. The number of amides is 3. The van der Waals surface area contributed by atoms with Crippen LogP contribution in [0.1, 0.15) is 32.3 Å². The van der Waals surface area contributed by atoms with Crippen molar-refractivity contribution in [1.82, 2.24) is 16.0 Å². The number of carboxylic acid groups (broad SMARTS) is 1. The van der Waals surface area contributed by atoms with Crippen molar-refractivity contribution < 1.29 is 29.4 Å². The van der Waals surface area contributed by atoms with E-state index in [0.29, 0.717) is 12.2 Å². The zero-order valence-electron chi connectivity index (χ0n) is 19.8. The van der Waals surface area contributed by atoms with E-state index in [0.717, 1.165) is 5.56 Å². The molecule has 10 nitrogen and oxygen atoms in total. The third-order valence-corrected chi connectivity index (χ3v) is 6.12. The maximum absolute atomic E-state index is 12.9. The Morgan fingerprint density at radius 3 is 2.12 bits per heavy atom.